The minimum atomic E-state index is 0.106. The Morgan fingerprint density at radius 3 is 2.60 bits per heavy atom. The first-order chi connectivity index (χ1) is 14.7. The first kappa shape index (κ1) is 18.9. The van der Waals surface area contributed by atoms with E-state index in [1.807, 2.05) is 66.4 Å². The number of hydrogen-bond donors (Lipinski definition) is 0. The number of anilines is 1. The number of nitrogens with zero attached hydrogens (tertiary/aromatic N) is 3. The standard InChI is InChI=1S/C24H23N3O2S/c1-2-29-20-11-6-12-21-22(20)25-24(30-21)27-15-13-26(14-16-27)23(28)19-10-5-8-17-7-3-4-9-18(17)19/h3-12H,2,13-16H2,1H3. The van der Waals surface area contributed by atoms with Crippen molar-refractivity contribution in [2.75, 3.05) is 37.7 Å². The van der Waals surface area contributed by atoms with Crippen LogP contribution in [0.1, 0.15) is 17.3 Å². The number of benzene rings is 3. The fourth-order valence-corrected chi connectivity index (χ4v) is 5.04. The molecule has 1 saturated heterocycles. The number of hydrogen-bond acceptors (Lipinski definition) is 5. The normalized spacial score (nSPS) is 14.4. The van der Waals surface area contributed by atoms with E-state index in [0.717, 1.165) is 50.5 Å². The summed E-state index contributed by atoms with van der Waals surface area (Å²) in [7, 11) is 0. The molecule has 0 saturated carbocycles. The molecule has 1 aliphatic heterocycles. The molecular formula is C24H23N3O2S. The summed E-state index contributed by atoms with van der Waals surface area (Å²) < 4.78 is 6.86. The van der Waals surface area contributed by atoms with E-state index in [9.17, 15) is 4.79 Å². The lowest BCUT2D eigenvalue weighted by molar-refractivity contribution is 0.0749. The maximum absolute atomic E-state index is 13.2. The molecule has 3 aromatic carbocycles. The van der Waals surface area contributed by atoms with Gasteiger partial charge in [-0.2, -0.15) is 0 Å². The van der Waals surface area contributed by atoms with E-state index in [1.54, 1.807) is 11.3 Å². The van der Waals surface area contributed by atoms with E-state index in [0.29, 0.717) is 19.7 Å². The summed E-state index contributed by atoms with van der Waals surface area (Å²) in [5, 5.41) is 3.11. The predicted molar refractivity (Wildman–Crippen MR) is 123 cm³/mol. The number of carbonyl (C=O) groups is 1. The van der Waals surface area contributed by atoms with E-state index in [1.165, 1.54) is 0 Å². The van der Waals surface area contributed by atoms with Crippen molar-refractivity contribution in [2.45, 2.75) is 6.92 Å². The van der Waals surface area contributed by atoms with Crippen molar-refractivity contribution in [1.82, 2.24) is 9.88 Å². The van der Waals surface area contributed by atoms with Crippen LogP contribution in [0.5, 0.6) is 5.75 Å². The number of amides is 1. The Bertz CT molecular complexity index is 1210. The minimum absolute atomic E-state index is 0.106. The molecule has 2 heterocycles. The van der Waals surface area contributed by atoms with Crippen LogP contribution in [-0.4, -0.2) is 48.6 Å². The van der Waals surface area contributed by atoms with Crippen molar-refractivity contribution in [2.24, 2.45) is 0 Å². The fourth-order valence-electron chi connectivity index (χ4n) is 4.00. The van der Waals surface area contributed by atoms with Gasteiger partial charge in [0.2, 0.25) is 0 Å². The monoisotopic (exact) mass is 417 g/mol. The molecule has 30 heavy (non-hydrogen) atoms. The smallest absolute Gasteiger partial charge is 0.254 e. The number of carbonyl (C=O) groups excluding carboxylic acids is 1. The highest BCUT2D eigenvalue weighted by Crippen LogP contribution is 2.34. The van der Waals surface area contributed by atoms with Crippen LogP contribution in [0.3, 0.4) is 0 Å². The van der Waals surface area contributed by atoms with Crippen molar-refractivity contribution in [1.29, 1.82) is 0 Å². The SMILES string of the molecule is CCOc1cccc2sc(N3CCN(C(=O)c4cccc5ccccc45)CC3)nc12. The van der Waals surface area contributed by atoms with Crippen LogP contribution in [-0.2, 0) is 0 Å². The number of ether oxygens (including phenoxy) is 1. The van der Waals surface area contributed by atoms with E-state index in [4.69, 9.17) is 9.72 Å². The molecule has 1 aliphatic rings. The first-order valence-electron chi connectivity index (χ1n) is 10.3. The quantitative estimate of drug-likeness (QED) is 0.478. The molecule has 0 aliphatic carbocycles. The number of thiazole rings is 1. The molecular weight excluding hydrogens is 394 g/mol. The van der Waals surface area contributed by atoms with Crippen molar-refractivity contribution < 1.29 is 9.53 Å². The molecule has 1 aromatic heterocycles. The maximum atomic E-state index is 13.2. The van der Waals surface area contributed by atoms with E-state index < -0.39 is 0 Å². The lowest BCUT2D eigenvalue weighted by atomic mass is 10.0. The van der Waals surface area contributed by atoms with Crippen LogP contribution in [0.4, 0.5) is 5.13 Å². The van der Waals surface area contributed by atoms with Crippen LogP contribution in [0.15, 0.2) is 60.7 Å². The van der Waals surface area contributed by atoms with Crippen LogP contribution >= 0.6 is 11.3 Å². The molecule has 152 valence electrons. The fraction of sp³-hybridized carbons (Fsp3) is 0.250. The van der Waals surface area contributed by atoms with Gasteiger partial charge in [-0.05, 0) is 35.9 Å². The summed E-state index contributed by atoms with van der Waals surface area (Å²) in [5.41, 5.74) is 1.71. The number of fused-ring (bicyclic) bond motifs is 2. The Balaban J connectivity index is 1.33. The topological polar surface area (TPSA) is 45.7 Å². The second kappa shape index (κ2) is 7.95. The summed E-state index contributed by atoms with van der Waals surface area (Å²) >= 11 is 1.68. The zero-order valence-electron chi connectivity index (χ0n) is 16.9. The molecule has 0 atom stereocenters. The van der Waals surface area contributed by atoms with Crippen molar-refractivity contribution in [3.8, 4) is 5.75 Å². The van der Waals surface area contributed by atoms with E-state index >= 15 is 0 Å². The molecule has 1 fully saturated rings. The Kier molecular flexibility index (Phi) is 5.01. The highest BCUT2D eigenvalue weighted by Gasteiger charge is 2.25. The van der Waals surface area contributed by atoms with Crippen LogP contribution in [0.25, 0.3) is 21.0 Å². The maximum Gasteiger partial charge on any atom is 0.254 e. The lowest BCUT2D eigenvalue weighted by Crippen LogP contribution is -2.48. The summed E-state index contributed by atoms with van der Waals surface area (Å²) in [4.78, 5) is 22.3. The van der Waals surface area contributed by atoms with Gasteiger partial charge in [0, 0.05) is 31.7 Å². The molecule has 0 N–H and O–H groups in total. The Morgan fingerprint density at radius 1 is 1.00 bits per heavy atom. The predicted octanol–water partition coefficient (Wildman–Crippen LogP) is 4.81. The molecule has 4 aromatic rings. The third-order valence-corrected chi connectivity index (χ3v) is 6.61. The summed E-state index contributed by atoms with van der Waals surface area (Å²) in [6.07, 6.45) is 0. The highest BCUT2D eigenvalue weighted by atomic mass is 32.1. The van der Waals surface area contributed by atoms with Gasteiger partial charge in [-0.25, -0.2) is 4.98 Å². The summed E-state index contributed by atoms with van der Waals surface area (Å²) in [6, 6.07) is 20.1. The molecule has 5 nitrogen and oxygen atoms in total. The van der Waals surface area contributed by atoms with Gasteiger partial charge in [-0.15, -0.1) is 0 Å². The average molecular weight is 418 g/mol. The molecule has 0 unspecified atom stereocenters. The van der Waals surface area contributed by atoms with Crippen molar-refractivity contribution >= 4 is 43.4 Å². The van der Waals surface area contributed by atoms with Gasteiger partial charge in [-0.1, -0.05) is 53.8 Å². The second-order valence-corrected chi connectivity index (χ2v) is 8.35. The van der Waals surface area contributed by atoms with Gasteiger partial charge in [0.25, 0.3) is 5.91 Å². The Hall–Kier alpha value is -3.12. The van der Waals surface area contributed by atoms with Crippen molar-refractivity contribution in [3.63, 3.8) is 0 Å². The van der Waals surface area contributed by atoms with Gasteiger partial charge < -0.3 is 14.5 Å². The van der Waals surface area contributed by atoms with E-state index in [-0.39, 0.29) is 5.91 Å². The number of rotatable bonds is 4. The zero-order chi connectivity index (χ0) is 20.5. The van der Waals surface area contributed by atoms with Crippen LogP contribution in [0, 0.1) is 0 Å². The van der Waals surface area contributed by atoms with Gasteiger partial charge in [0.05, 0.1) is 11.3 Å². The number of para-hydroxylation sites is 1. The summed E-state index contributed by atoms with van der Waals surface area (Å²) in [6.45, 7) is 5.55. The van der Waals surface area contributed by atoms with Gasteiger partial charge >= 0.3 is 0 Å². The molecule has 6 heteroatoms. The molecule has 0 radical (unpaired) electrons. The van der Waals surface area contributed by atoms with Crippen LogP contribution in [0.2, 0.25) is 0 Å². The molecule has 0 spiro atoms. The van der Waals surface area contributed by atoms with E-state index in [2.05, 4.69) is 11.0 Å². The van der Waals surface area contributed by atoms with Gasteiger partial charge in [0.1, 0.15) is 11.3 Å². The second-order valence-electron chi connectivity index (χ2n) is 7.34. The zero-order valence-corrected chi connectivity index (χ0v) is 17.7. The largest absolute Gasteiger partial charge is 0.492 e. The Labute approximate surface area is 179 Å². The molecule has 0 bridgehead atoms. The third kappa shape index (κ3) is 3.37. The first-order valence-corrected chi connectivity index (χ1v) is 11.1. The number of aromatic nitrogens is 1. The molecule has 1 amide bonds. The summed E-state index contributed by atoms with van der Waals surface area (Å²) in [5.74, 6) is 0.941. The van der Waals surface area contributed by atoms with Crippen LogP contribution < -0.4 is 9.64 Å². The average Bonchev–Trinajstić information content (AvgIpc) is 3.24. The van der Waals surface area contributed by atoms with Crippen molar-refractivity contribution in [3.05, 3.63) is 66.2 Å². The lowest BCUT2D eigenvalue weighted by Gasteiger charge is -2.34. The highest BCUT2D eigenvalue weighted by molar-refractivity contribution is 7.22. The minimum Gasteiger partial charge on any atom is -0.492 e. The van der Waals surface area contributed by atoms with Gasteiger partial charge in [-0.3, -0.25) is 4.79 Å². The third-order valence-electron chi connectivity index (χ3n) is 5.53. The van der Waals surface area contributed by atoms with Gasteiger partial charge in [0.15, 0.2) is 5.13 Å². The molecule has 5 rings (SSSR count). The number of piperazine rings is 1. The Morgan fingerprint density at radius 2 is 1.77 bits per heavy atom.